The van der Waals surface area contributed by atoms with Crippen LogP contribution in [0.15, 0.2) is 24.3 Å². The van der Waals surface area contributed by atoms with Gasteiger partial charge in [0.05, 0.1) is 38.0 Å². The lowest BCUT2D eigenvalue weighted by molar-refractivity contribution is -0.162. The first-order valence-corrected chi connectivity index (χ1v) is 19.8. The van der Waals surface area contributed by atoms with Crippen molar-refractivity contribution >= 4 is 41.4 Å². The molecule has 0 spiro atoms. The van der Waals surface area contributed by atoms with Crippen molar-refractivity contribution < 1.29 is 52.9 Å². The van der Waals surface area contributed by atoms with E-state index in [-0.39, 0.29) is 44.2 Å². The highest BCUT2D eigenvalue weighted by Crippen LogP contribution is 2.25. The predicted molar refractivity (Wildman–Crippen MR) is 206 cm³/mol. The molecule has 1 unspecified atom stereocenters. The number of nitrogens with zero attached hydrogens (tertiary/aromatic N) is 2. The zero-order valence-corrected chi connectivity index (χ0v) is 34.4. The maximum Gasteiger partial charge on any atom is 0.329 e. The van der Waals surface area contributed by atoms with Crippen molar-refractivity contribution in [2.75, 3.05) is 27.3 Å². The number of aliphatic hydroxyl groups is 1. The van der Waals surface area contributed by atoms with Crippen LogP contribution in [0.5, 0.6) is 5.75 Å². The normalized spacial score (nSPS) is 27.7. The molecule has 3 N–H and O–H groups in total. The number of amides is 4. The summed E-state index contributed by atoms with van der Waals surface area (Å²) in [4.78, 5) is 98.7. The van der Waals surface area contributed by atoms with Crippen molar-refractivity contribution in [3.05, 3.63) is 29.8 Å². The molecule has 2 aliphatic heterocycles. The van der Waals surface area contributed by atoms with Gasteiger partial charge in [-0.3, -0.25) is 28.8 Å². The van der Waals surface area contributed by atoms with Gasteiger partial charge in [-0.2, -0.15) is 0 Å². The van der Waals surface area contributed by atoms with Crippen LogP contribution >= 0.6 is 0 Å². The standard InChI is InChI=1S/C41H62N4O11/c1-10-25(6)35-32(46)22-34(48)56-37(24(4)5)36(49)26(7)38(50)42-29(20-23(2)3)39(51)45-18-11-12-30(45)40(52)44(8)31(41(53)55-19-17-33(47)43-35)21-27-13-15-28(54-9)16-14-27/h13-16,23-26,29-32,35,37,46H,10-12,17-22H2,1-9H3,(H,42,50)(H,43,47)/t25-,26-,29-,30?,31-,32-,35+,37-/m0/s1. The molecule has 0 aromatic heterocycles. The highest BCUT2D eigenvalue weighted by Gasteiger charge is 2.43. The molecule has 0 radical (unpaired) electrons. The Morgan fingerprint density at radius 1 is 0.964 bits per heavy atom. The van der Waals surface area contributed by atoms with Crippen LogP contribution in [0, 0.1) is 23.7 Å². The monoisotopic (exact) mass is 786 g/mol. The van der Waals surface area contributed by atoms with E-state index in [1.54, 1.807) is 45.0 Å². The van der Waals surface area contributed by atoms with Gasteiger partial charge in [-0.1, -0.05) is 60.1 Å². The lowest BCUT2D eigenvalue weighted by atomic mass is 9.91. The Kier molecular flexibility index (Phi) is 17.3. The van der Waals surface area contributed by atoms with Crippen LogP contribution in [0.2, 0.25) is 0 Å². The van der Waals surface area contributed by atoms with Crippen molar-refractivity contribution in [3.63, 3.8) is 0 Å². The predicted octanol–water partition coefficient (Wildman–Crippen LogP) is 2.59. The summed E-state index contributed by atoms with van der Waals surface area (Å²) in [6.07, 6.45) is -1.89. The van der Waals surface area contributed by atoms with E-state index in [2.05, 4.69) is 10.6 Å². The van der Waals surface area contributed by atoms with E-state index < -0.39 is 96.0 Å². The highest BCUT2D eigenvalue weighted by molar-refractivity contribution is 6.05. The number of aliphatic hydroxyl groups excluding tert-OH is 1. The van der Waals surface area contributed by atoms with Gasteiger partial charge in [0.15, 0.2) is 11.9 Å². The third kappa shape index (κ3) is 12.2. The van der Waals surface area contributed by atoms with Crippen molar-refractivity contribution in [2.24, 2.45) is 23.7 Å². The fraction of sp³-hybridized carbons (Fsp3) is 0.683. The Hall–Kier alpha value is -4.53. The van der Waals surface area contributed by atoms with Gasteiger partial charge < -0.3 is 39.8 Å². The van der Waals surface area contributed by atoms with Crippen LogP contribution in [0.3, 0.4) is 0 Å². The number of ether oxygens (including phenoxy) is 3. The van der Waals surface area contributed by atoms with E-state index >= 15 is 0 Å². The van der Waals surface area contributed by atoms with Crippen molar-refractivity contribution in [2.45, 2.75) is 130 Å². The van der Waals surface area contributed by atoms with Gasteiger partial charge in [0.1, 0.15) is 30.5 Å². The molecular weight excluding hydrogens is 724 g/mol. The number of carbonyl (C=O) groups is 7. The van der Waals surface area contributed by atoms with Gasteiger partial charge in [0.2, 0.25) is 23.6 Å². The molecule has 2 aliphatic rings. The number of nitrogens with one attached hydrogen (secondary N) is 2. The molecule has 0 bridgehead atoms. The molecule has 3 rings (SSSR count). The topological polar surface area (TPSA) is 198 Å². The van der Waals surface area contributed by atoms with Crippen LogP contribution in [-0.2, 0) is 49.5 Å². The largest absolute Gasteiger partial charge is 0.497 e. The molecule has 15 heteroatoms. The molecule has 2 saturated heterocycles. The fourth-order valence-electron chi connectivity index (χ4n) is 7.08. The summed E-state index contributed by atoms with van der Waals surface area (Å²) in [6, 6.07) is 2.95. The number of benzene rings is 1. The van der Waals surface area contributed by atoms with Gasteiger partial charge in [-0.15, -0.1) is 0 Å². The highest BCUT2D eigenvalue weighted by atomic mass is 16.5. The van der Waals surface area contributed by atoms with Gasteiger partial charge in [-0.05, 0) is 61.6 Å². The molecule has 8 atom stereocenters. The second kappa shape index (κ2) is 21.1. The number of methoxy groups -OCH3 is 1. The Morgan fingerprint density at radius 2 is 1.62 bits per heavy atom. The molecule has 0 saturated carbocycles. The number of likely N-dealkylation sites (N-methyl/N-ethyl adjacent to an activating group) is 1. The number of hydrogen-bond donors (Lipinski definition) is 3. The molecule has 2 fully saturated rings. The summed E-state index contributed by atoms with van der Waals surface area (Å²) < 4.78 is 16.4. The number of hydrogen-bond acceptors (Lipinski definition) is 11. The molecule has 56 heavy (non-hydrogen) atoms. The van der Waals surface area contributed by atoms with E-state index in [1.165, 1.54) is 30.9 Å². The first-order chi connectivity index (χ1) is 26.4. The minimum absolute atomic E-state index is 0.0580. The zero-order chi connectivity index (χ0) is 41.9. The molecule has 1 aromatic carbocycles. The molecular formula is C41H62N4O11. The minimum Gasteiger partial charge on any atom is -0.497 e. The van der Waals surface area contributed by atoms with Gasteiger partial charge in [0, 0.05) is 20.0 Å². The summed E-state index contributed by atoms with van der Waals surface area (Å²) in [5.74, 6) is -6.19. The summed E-state index contributed by atoms with van der Waals surface area (Å²) >= 11 is 0. The van der Waals surface area contributed by atoms with Crippen LogP contribution in [0.1, 0.15) is 92.6 Å². The smallest absolute Gasteiger partial charge is 0.329 e. The lowest BCUT2D eigenvalue weighted by Gasteiger charge is -2.34. The summed E-state index contributed by atoms with van der Waals surface area (Å²) in [6.45, 7) is 12.0. The minimum atomic E-state index is -1.39. The SMILES string of the molecule is CC[C@H](C)[C@H]1NC(=O)CCOC(=O)[C@H](Cc2ccc(OC)cc2)N(C)C(=O)C2CCCN2C(=O)[C@H](CC(C)C)NC(=O)[C@@H](C)C(=O)[C@H](C(C)C)OC(=O)C[C@@H]1O. The Morgan fingerprint density at radius 3 is 2.21 bits per heavy atom. The first-order valence-electron chi connectivity index (χ1n) is 19.8. The maximum atomic E-state index is 14.3. The Labute approximate surface area is 330 Å². The Balaban J connectivity index is 2.04. The number of esters is 2. The number of rotatable bonds is 8. The van der Waals surface area contributed by atoms with Crippen LogP contribution in [0.25, 0.3) is 0 Å². The number of fused-ring (bicyclic) bond motifs is 1. The number of cyclic esters (lactones) is 2. The quantitative estimate of drug-likeness (QED) is 0.259. The number of Topliss-reactive ketones (excluding diaryl/α,β-unsaturated/α-hetero) is 1. The van der Waals surface area contributed by atoms with Crippen molar-refractivity contribution in [3.8, 4) is 5.75 Å². The van der Waals surface area contributed by atoms with Crippen molar-refractivity contribution in [1.82, 2.24) is 20.4 Å². The molecule has 2 heterocycles. The fourth-order valence-corrected chi connectivity index (χ4v) is 7.08. The van der Waals surface area contributed by atoms with Crippen LogP contribution in [0.4, 0.5) is 0 Å². The third-order valence-corrected chi connectivity index (χ3v) is 10.7. The first kappa shape index (κ1) is 45.9. The summed E-state index contributed by atoms with van der Waals surface area (Å²) in [5, 5.41) is 16.7. The summed E-state index contributed by atoms with van der Waals surface area (Å²) in [7, 11) is 3.00. The van der Waals surface area contributed by atoms with E-state index in [9.17, 15) is 38.7 Å². The van der Waals surface area contributed by atoms with Gasteiger partial charge in [-0.25, -0.2) is 4.79 Å². The van der Waals surface area contributed by atoms with E-state index in [1.807, 2.05) is 20.8 Å². The van der Waals surface area contributed by atoms with E-state index in [0.717, 1.165) is 0 Å². The van der Waals surface area contributed by atoms with Crippen LogP contribution in [-0.4, -0.2) is 120 Å². The Bertz CT molecular complexity index is 1550. The number of carbonyl (C=O) groups excluding carboxylic acids is 7. The van der Waals surface area contributed by atoms with Crippen LogP contribution < -0.4 is 15.4 Å². The maximum absolute atomic E-state index is 14.3. The van der Waals surface area contributed by atoms with Gasteiger partial charge in [0.25, 0.3) is 0 Å². The molecule has 4 amide bonds. The zero-order valence-electron chi connectivity index (χ0n) is 34.4. The summed E-state index contributed by atoms with van der Waals surface area (Å²) in [5.41, 5.74) is 0.703. The second-order valence-electron chi connectivity index (χ2n) is 15.8. The molecule has 15 nitrogen and oxygen atoms in total. The third-order valence-electron chi connectivity index (χ3n) is 10.7. The lowest BCUT2D eigenvalue weighted by Crippen LogP contribution is -2.57. The van der Waals surface area contributed by atoms with Gasteiger partial charge >= 0.3 is 11.9 Å². The average molecular weight is 787 g/mol. The molecule has 1 aromatic rings. The molecule has 312 valence electrons. The van der Waals surface area contributed by atoms with E-state index in [0.29, 0.717) is 30.6 Å². The number of ketones is 1. The average Bonchev–Trinajstić information content (AvgIpc) is 3.65. The second-order valence-corrected chi connectivity index (χ2v) is 15.8. The van der Waals surface area contributed by atoms with E-state index in [4.69, 9.17) is 14.2 Å². The molecule has 0 aliphatic carbocycles. The van der Waals surface area contributed by atoms with Crippen molar-refractivity contribution in [1.29, 1.82) is 0 Å².